The van der Waals surface area contributed by atoms with E-state index >= 15 is 0 Å². The Morgan fingerprint density at radius 3 is 2.70 bits per heavy atom. The summed E-state index contributed by atoms with van der Waals surface area (Å²) >= 11 is 0. The van der Waals surface area contributed by atoms with Gasteiger partial charge in [0.15, 0.2) is 17.5 Å². The third-order valence-corrected chi connectivity index (χ3v) is 5.40. The lowest BCUT2D eigenvalue weighted by Crippen LogP contribution is -2.38. The molecule has 4 rings (SSSR count). The van der Waals surface area contributed by atoms with Crippen molar-refractivity contribution >= 4 is 35.6 Å². The van der Waals surface area contributed by atoms with Crippen molar-refractivity contribution in [1.29, 1.82) is 0 Å². The molecule has 1 unspecified atom stereocenters. The summed E-state index contributed by atoms with van der Waals surface area (Å²) < 4.78 is 10.8. The maximum atomic E-state index is 5.46. The normalized spacial score (nSPS) is 16.2. The fourth-order valence-electron chi connectivity index (χ4n) is 3.78. The number of fused-ring (bicyclic) bond motifs is 1. The summed E-state index contributed by atoms with van der Waals surface area (Å²) in [4.78, 5) is 7.23. The van der Waals surface area contributed by atoms with Crippen LogP contribution in [0.25, 0.3) is 0 Å². The lowest BCUT2D eigenvalue weighted by Gasteiger charge is -2.22. The zero-order valence-corrected chi connectivity index (χ0v) is 20.0. The highest BCUT2D eigenvalue weighted by molar-refractivity contribution is 14.0. The molecule has 2 N–H and O–H groups in total. The van der Waals surface area contributed by atoms with E-state index in [9.17, 15) is 0 Å². The van der Waals surface area contributed by atoms with Crippen LogP contribution >= 0.6 is 24.0 Å². The maximum Gasteiger partial charge on any atom is 0.231 e. The molecule has 0 amide bonds. The fourth-order valence-corrected chi connectivity index (χ4v) is 3.78. The van der Waals surface area contributed by atoms with Crippen molar-refractivity contribution in [3.63, 3.8) is 0 Å². The number of aliphatic imine (C=N–C) groups is 1. The molecule has 0 bridgehead atoms. The monoisotopic (exact) mass is 522 g/mol. The first-order valence-electron chi connectivity index (χ1n) is 10.5. The molecule has 2 aliphatic heterocycles. The van der Waals surface area contributed by atoms with E-state index in [1.165, 1.54) is 24.1 Å². The van der Waals surface area contributed by atoms with Gasteiger partial charge in [-0.3, -0.25) is 0 Å². The Kier molecular flexibility index (Phi) is 8.07. The summed E-state index contributed by atoms with van der Waals surface area (Å²) in [5, 5.41) is 6.89. The van der Waals surface area contributed by atoms with Crippen molar-refractivity contribution < 1.29 is 9.47 Å². The predicted molar refractivity (Wildman–Crippen MR) is 132 cm³/mol. The first kappa shape index (κ1) is 22.5. The third kappa shape index (κ3) is 5.50. The van der Waals surface area contributed by atoms with E-state index in [2.05, 4.69) is 53.6 Å². The Morgan fingerprint density at radius 1 is 1.10 bits per heavy atom. The molecule has 30 heavy (non-hydrogen) atoms. The number of nitrogens with one attached hydrogen (secondary N) is 2. The van der Waals surface area contributed by atoms with Gasteiger partial charge >= 0.3 is 0 Å². The molecular weight excluding hydrogens is 491 g/mol. The third-order valence-electron chi connectivity index (χ3n) is 5.40. The van der Waals surface area contributed by atoms with Gasteiger partial charge in [-0.2, -0.15) is 0 Å². The molecule has 0 aliphatic carbocycles. The highest BCUT2D eigenvalue weighted by Crippen LogP contribution is 2.32. The van der Waals surface area contributed by atoms with E-state index in [1.807, 2.05) is 18.2 Å². The van der Waals surface area contributed by atoms with Crippen molar-refractivity contribution in [3.05, 3.63) is 53.6 Å². The summed E-state index contributed by atoms with van der Waals surface area (Å²) in [6, 6.07) is 15.0. The Labute approximate surface area is 196 Å². The Bertz CT molecular complexity index is 868. The highest BCUT2D eigenvalue weighted by atomic mass is 127. The minimum atomic E-state index is 0. The summed E-state index contributed by atoms with van der Waals surface area (Å²) in [7, 11) is 0. The van der Waals surface area contributed by atoms with Gasteiger partial charge in [0.05, 0.1) is 12.6 Å². The average molecular weight is 522 g/mol. The molecular formula is C23H31IN4O2. The lowest BCUT2D eigenvalue weighted by atomic mass is 10.1. The smallest absolute Gasteiger partial charge is 0.231 e. The SMILES string of the molecule is CCNC(=NCc1ccc2c(c1)OCO2)NC(C)c1cccc(N2CCCC2)c1.I. The van der Waals surface area contributed by atoms with Crippen molar-refractivity contribution in [3.8, 4) is 11.5 Å². The summed E-state index contributed by atoms with van der Waals surface area (Å²) in [5.74, 6) is 2.40. The number of nitrogens with zero attached hydrogens (tertiary/aromatic N) is 2. The molecule has 1 atom stereocenters. The topological polar surface area (TPSA) is 58.1 Å². The highest BCUT2D eigenvalue weighted by Gasteiger charge is 2.15. The van der Waals surface area contributed by atoms with Gasteiger partial charge in [0.2, 0.25) is 6.79 Å². The summed E-state index contributed by atoms with van der Waals surface area (Å²) in [6.45, 7) is 8.25. The molecule has 6 nitrogen and oxygen atoms in total. The van der Waals surface area contributed by atoms with Gasteiger partial charge in [0, 0.05) is 25.3 Å². The predicted octanol–water partition coefficient (Wildman–Crippen LogP) is 4.45. The zero-order valence-electron chi connectivity index (χ0n) is 17.7. The van der Waals surface area contributed by atoms with Crippen molar-refractivity contribution in [2.24, 2.45) is 4.99 Å². The molecule has 2 aliphatic rings. The standard InChI is InChI=1S/C23H30N4O2.HI/c1-3-24-23(25-15-18-9-10-21-22(13-18)29-16-28-21)26-17(2)19-7-6-8-20(14-19)27-11-4-5-12-27;/h6-10,13-14,17H,3-5,11-12,15-16H2,1-2H3,(H2,24,25,26);1H. The van der Waals surface area contributed by atoms with Gasteiger partial charge < -0.3 is 25.0 Å². The van der Waals surface area contributed by atoms with Crippen LogP contribution in [0.15, 0.2) is 47.5 Å². The first-order chi connectivity index (χ1) is 14.2. The number of rotatable bonds is 6. The van der Waals surface area contributed by atoms with Gasteiger partial charge in [-0.05, 0) is 62.1 Å². The van der Waals surface area contributed by atoms with Crippen LogP contribution in [-0.2, 0) is 6.54 Å². The molecule has 2 aromatic rings. The van der Waals surface area contributed by atoms with E-state index in [4.69, 9.17) is 14.5 Å². The Hall–Kier alpha value is -2.16. The molecule has 1 fully saturated rings. The number of hydrogen-bond acceptors (Lipinski definition) is 4. The van der Waals surface area contributed by atoms with Gasteiger partial charge in [0.1, 0.15) is 0 Å². The van der Waals surface area contributed by atoms with Crippen molar-refractivity contribution in [2.45, 2.75) is 39.3 Å². The van der Waals surface area contributed by atoms with Crippen LogP contribution in [0.5, 0.6) is 11.5 Å². The van der Waals surface area contributed by atoms with Gasteiger partial charge in [-0.15, -0.1) is 24.0 Å². The van der Waals surface area contributed by atoms with Crippen LogP contribution in [0, 0.1) is 0 Å². The van der Waals surface area contributed by atoms with Crippen LogP contribution in [0.2, 0.25) is 0 Å². The van der Waals surface area contributed by atoms with E-state index in [1.54, 1.807) is 0 Å². The molecule has 2 aromatic carbocycles. The summed E-state index contributed by atoms with van der Waals surface area (Å²) in [6.07, 6.45) is 2.57. The van der Waals surface area contributed by atoms with E-state index in [0.29, 0.717) is 13.3 Å². The van der Waals surface area contributed by atoms with E-state index < -0.39 is 0 Å². The van der Waals surface area contributed by atoms with E-state index in [0.717, 1.165) is 42.7 Å². The molecule has 0 radical (unpaired) electrons. The van der Waals surface area contributed by atoms with Crippen LogP contribution in [-0.4, -0.2) is 32.4 Å². The number of benzene rings is 2. The fraction of sp³-hybridized carbons (Fsp3) is 0.435. The molecule has 0 aromatic heterocycles. The molecule has 7 heteroatoms. The molecule has 0 saturated carbocycles. The number of ether oxygens (including phenoxy) is 2. The van der Waals surface area contributed by atoms with Crippen LogP contribution in [0.3, 0.4) is 0 Å². The van der Waals surface area contributed by atoms with Crippen LogP contribution in [0.1, 0.15) is 43.9 Å². The van der Waals surface area contributed by atoms with E-state index in [-0.39, 0.29) is 30.0 Å². The van der Waals surface area contributed by atoms with Gasteiger partial charge in [0.25, 0.3) is 0 Å². The average Bonchev–Trinajstić information content (AvgIpc) is 3.44. The number of anilines is 1. The summed E-state index contributed by atoms with van der Waals surface area (Å²) in [5.41, 5.74) is 3.68. The largest absolute Gasteiger partial charge is 0.454 e. The van der Waals surface area contributed by atoms with Crippen LogP contribution < -0.4 is 25.0 Å². The second-order valence-corrected chi connectivity index (χ2v) is 7.54. The van der Waals surface area contributed by atoms with Crippen molar-refractivity contribution in [2.75, 3.05) is 31.3 Å². The second-order valence-electron chi connectivity index (χ2n) is 7.54. The molecule has 0 spiro atoms. The second kappa shape index (κ2) is 10.7. The zero-order chi connectivity index (χ0) is 20.1. The van der Waals surface area contributed by atoms with Gasteiger partial charge in [-0.1, -0.05) is 18.2 Å². The molecule has 2 heterocycles. The van der Waals surface area contributed by atoms with Gasteiger partial charge in [-0.25, -0.2) is 4.99 Å². The molecule has 162 valence electrons. The lowest BCUT2D eigenvalue weighted by molar-refractivity contribution is 0.174. The molecule has 1 saturated heterocycles. The van der Waals surface area contributed by atoms with Crippen molar-refractivity contribution in [1.82, 2.24) is 10.6 Å². The Morgan fingerprint density at radius 2 is 1.90 bits per heavy atom. The number of hydrogen-bond donors (Lipinski definition) is 2. The quantitative estimate of drug-likeness (QED) is 0.334. The minimum Gasteiger partial charge on any atom is -0.454 e. The van der Waals surface area contributed by atoms with Crippen LogP contribution in [0.4, 0.5) is 5.69 Å². The number of halogens is 1. The first-order valence-corrected chi connectivity index (χ1v) is 10.5. The maximum absolute atomic E-state index is 5.46. The number of guanidine groups is 1. The Balaban J connectivity index is 0.00000256. The minimum absolute atomic E-state index is 0.